The van der Waals surface area contributed by atoms with Gasteiger partial charge in [0.25, 0.3) is 0 Å². The monoisotopic (exact) mass is 394 g/mol. The van der Waals surface area contributed by atoms with Gasteiger partial charge in [-0.25, -0.2) is 0 Å². The lowest BCUT2D eigenvalue weighted by Crippen LogP contribution is -2.44. The number of carbonyl (C=O) groups is 2. The molecule has 0 radical (unpaired) electrons. The number of benzene rings is 2. The van der Waals surface area contributed by atoms with Crippen LogP contribution in [0.15, 0.2) is 59.5 Å². The molecule has 2 heterocycles. The molecule has 2 amide bonds. The fraction of sp³-hybridized carbons (Fsp3) is 0.391. The first-order valence-electron chi connectivity index (χ1n) is 10.0. The van der Waals surface area contributed by atoms with E-state index in [0.717, 1.165) is 31.6 Å². The summed E-state index contributed by atoms with van der Waals surface area (Å²) in [4.78, 5) is 30.8. The van der Waals surface area contributed by atoms with E-state index in [0.29, 0.717) is 18.2 Å². The van der Waals surface area contributed by atoms with Crippen molar-refractivity contribution in [2.24, 2.45) is 5.92 Å². The zero-order valence-corrected chi connectivity index (χ0v) is 17.0. The Bertz CT molecular complexity index is 847. The number of aryl methyl sites for hydroxylation is 1. The van der Waals surface area contributed by atoms with Gasteiger partial charge >= 0.3 is 0 Å². The molecule has 0 bridgehead atoms. The summed E-state index contributed by atoms with van der Waals surface area (Å²) >= 11 is 1.92. The topological polar surface area (TPSA) is 40.6 Å². The standard InChI is InChI=1S/C23H26N2O2S/c1-17-7-5-6-10-21(17)28-19-11-14-24(15-12-19)22(26)20-13-16-25(23(20)27)18-8-3-2-4-9-18/h2-10,19-20H,11-16H2,1H3/t20-/m1/s1. The number of para-hydroxylation sites is 1. The molecule has 0 N–H and O–H groups in total. The molecule has 2 aromatic carbocycles. The van der Waals surface area contributed by atoms with Crippen LogP contribution >= 0.6 is 11.8 Å². The Kier molecular flexibility index (Phi) is 5.72. The van der Waals surface area contributed by atoms with Gasteiger partial charge in [-0.1, -0.05) is 36.4 Å². The van der Waals surface area contributed by atoms with Crippen molar-refractivity contribution in [3.63, 3.8) is 0 Å². The lowest BCUT2D eigenvalue weighted by molar-refractivity contribution is -0.140. The number of anilines is 1. The van der Waals surface area contributed by atoms with Crippen molar-refractivity contribution < 1.29 is 9.59 Å². The van der Waals surface area contributed by atoms with Gasteiger partial charge in [-0.15, -0.1) is 11.8 Å². The Hall–Kier alpha value is -2.27. The zero-order chi connectivity index (χ0) is 19.5. The Morgan fingerprint density at radius 3 is 2.32 bits per heavy atom. The maximum absolute atomic E-state index is 13.0. The molecule has 2 fully saturated rings. The van der Waals surface area contributed by atoms with Gasteiger partial charge in [0.15, 0.2) is 0 Å². The van der Waals surface area contributed by atoms with Gasteiger partial charge in [-0.2, -0.15) is 0 Å². The minimum Gasteiger partial charge on any atom is -0.342 e. The Morgan fingerprint density at radius 2 is 1.61 bits per heavy atom. The molecule has 2 aromatic rings. The molecule has 2 aliphatic heterocycles. The number of piperidine rings is 1. The van der Waals surface area contributed by atoms with E-state index in [1.54, 1.807) is 4.90 Å². The first-order chi connectivity index (χ1) is 13.6. The average Bonchev–Trinajstić information content (AvgIpc) is 3.12. The molecule has 5 heteroatoms. The maximum Gasteiger partial charge on any atom is 0.239 e. The number of carbonyl (C=O) groups excluding carboxylic acids is 2. The van der Waals surface area contributed by atoms with Gasteiger partial charge in [0, 0.05) is 35.5 Å². The second-order valence-electron chi connectivity index (χ2n) is 7.57. The van der Waals surface area contributed by atoms with Gasteiger partial charge in [0.2, 0.25) is 11.8 Å². The highest BCUT2D eigenvalue weighted by Gasteiger charge is 2.40. The van der Waals surface area contributed by atoms with E-state index in [2.05, 4.69) is 31.2 Å². The van der Waals surface area contributed by atoms with Crippen molar-refractivity contribution in [2.45, 2.75) is 36.3 Å². The van der Waals surface area contributed by atoms with Crippen LogP contribution in [-0.4, -0.2) is 41.6 Å². The van der Waals surface area contributed by atoms with Crippen LogP contribution in [0.4, 0.5) is 5.69 Å². The van der Waals surface area contributed by atoms with E-state index in [4.69, 9.17) is 0 Å². The Balaban J connectivity index is 1.33. The third-order valence-electron chi connectivity index (χ3n) is 5.71. The van der Waals surface area contributed by atoms with Gasteiger partial charge in [0.1, 0.15) is 5.92 Å². The van der Waals surface area contributed by atoms with Crippen molar-refractivity contribution in [2.75, 3.05) is 24.5 Å². The largest absolute Gasteiger partial charge is 0.342 e. The third kappa shape index (κ3) is 3.95. The quantitative estimate of drug-likeness (QED) is 0.732. The molecule has 0 aliphatic carbocycles. The summed E-state index contributed by atoms with van der Waals surface area (Å²) in [6.45, 7) is 4.26. The number of thioether (sulfide) groups is 1. The third-order valence-corrected chi connectivity index (χ3v) is 7.23. The van der Waals surface area contributed by atoms with Crippen LogP contribution < -0.4 is 4.90 Å². The molecule has 1 atom stereocenters. The summed E-state index contributed by atoms with van der Waals surface area (Å²) < 4.78 is 0. The second kappa shape index (κ2) is 8.39. The highest BCUT2D eigenvalue weighted by molar-refractivity contribution is 8.00. The van der Waals surface area contributed by atoms with E-state index in [1.165, 1.54) is 10.5 Å². The molecule has 4 rings (SSSR count). The molecule has 0 saturated carbocycles. The molecule has 4 nitrogen and oxygen atoms in total. The van der Waals surface area contributed by atoms with Crippen molar-refractivity contribution in [3.05, 3.63) is 60.2 Å². The normalized spacial score (nSPS) is 20.6. The van der Waals surface area contributed by atoms with Crippen molar-refractivity contribution in [1.29, 1.82) is 0 Å². The molecular weight excluding hydrogens is 368 g/mol. The van der Waals surface area contributed by atoms with Crippen LogP contribution in [0, 0.1) is 12.8 Å². The van der Waals surface area contributed by atoms with Gasteiger partial charge < -0.3 is 9.80 Å². The summed E-state index contributed by atoms with van der Waals surface area (Å²) in [6, 6.07) is 18.1. The Labute approximate surface area is 170 Å². The Morgan fingerprint density at radius 1 is 0.929 bits per heavy atom. The smallest absolute Gasteiger partial charge is 0.239 e. The van der Waals surface area contributed by atoms with E-state index < -0.39 is 5.92 Å². The van der Waals surface area contributed by atoms with Crippen molar-refractivity contribution >= 4 is 29.3 Å². The summed E-state index contributed by atoms with van der Waals surface area (Å²) in [6.07, 6.45) is 2.58. The fourth-order valence-electron chi connectivity index (χ4n) is 4.06. The number of likely N-dealkylation sites (tertiary alicyclic amines) is 1. The predicted octanol–water partition coefficient (Wildman–Crippen LogP) is 4.13. The molecule has 0 unspecified atom stereocenters. The van der Waals surface area contributed by atoms with Gasteiger partial charge in [-0.3, -0.25) is 9.59 Å². The number of amides is 2. The molecule has 0 spiro atoms. The number of hydrogen-bond acceptors (Lipinski definition) is 3. The molecular formula is C23H26N2O2S. The first kappa shape index (κ1) is 19.1. The van der Waals surface area contributed by atoms with E-state index >= 15 is 0 Å². The molecule has 146 valence electrons. The summed E-state index contributed by atoms with van der Waals surface area (Å²) in [5.41, 5.74) is 2.19. The van der Waals surface area contributed by atoms with E-state index in [9.17, 15) is 9.59 Å². The molecule has 2 saturated heterocycles. The lowest BCUT2D eigenvalue weighted by Gasteiger charge is -2.33. The second-order valence-corrected chi connectivity index (χ2v) is 8.92. The highest BCUT2D eigenvalue weighted by atomic mass is 32.2. The van der Waals surface area contributed by atoms with Crippen LogP contribution in [-0.2, 0) is 9.59 Å². The fourth-order valence-corrected chi connectivity index (χ4v) is 5.27. The molecule has 2 aliphatic rings. The summed E-state index contributed by atoms with van der Waals surface area (Å²) in [5.74, 6) is -0.545. The lowest BCUT2D eigenvalue weighted by atomic mass is 10.0. The van der Waals surface area contributed by atoms with E-state index in [-0.39, 0.29) is 11.8 Å². The summed E-state index contributed by atoms with van der Waals surface area (Å²) in [7, 11) is 0. The minimum atomic E-state index is -0.513. The van der Waals surface area contributed by atoms with Crippen molar-refractivity contribution in [3.8, 4) is 0 Å². The molecule has 0 aromatic heterocycles. The number of hydrogen-bond donors (Lipinski definition) is 0. The zero-order valence-electron chi connectivity index (χ0n) is 16.2. The van der Waals surface area contributed by atoms with Gasteiger partial charge in [0.05, 0.1) is 0 Å². The highest BCUT2D eigenvalue weighted by Crippen LogP contribution is 2.33. The van der Waals surface area contributed by atoms with Crippen LogP contribution in [0.3, 0.4) is 0 Å². The molecule has 28 heavy (non-hydrogen) atoms. The predicted molar refractivity (Wildman–Crippen MR) is 114 cm³/mol. The number of rotatable bonds is 4. The average molecular weight is 395 g/mol. The van der Waals surface area contributed by atoms with Crippen molar-refractivity contribution in [1.82, 2.24) is 4.90 Å². The van der Waals surface area contributed by atoms with Crippen LogP contribution in [0.1, 0.15) is 24.8 Å². The summed E-state index contributed by atoms with van der Waals surface area (Å²) in [5, 5.41) is 0.533. The van der Waals surface area contributed by atoms with Crippen LogP contribution in [0.5, 0.6) is 0 Å². The number of nitrogens with zero attached hydrogens (tertiary/aromatic N) is 2. The van der Waals surface area contributed by atoms with Crippen LogP contribution in [0.2, 0.25) is 0 Å². The van der Waals surface area contributed by atoms with Gasteiger partial charge in [-0.05, 0) is 49.9 Å². The maximum atomic E-state index is 13.0. The first-order valence-corrected chi connectivity index (χ1v) is 10.9. The van der Waals surface area contributed by atoms with Crippen LogP contribution in [0.25, 0.3) is 0 Å². The SMILES string of the molecule is Cc1ccccc1SC1CCN(C(=O)[C@H]2CCN(c3ccccc3)C2=O)CC1. The minimum absolute atomic E-state index is 0.0165. The van der Waals surface area contributed by atoms with E-state index in [1.807, 2.05) is 47.0 Å².